The summed E-state index contributed by atoms with van der Waals surface area (Å²) in [6.45, 7) is 12.0. The van der Waals surface area contributed by atoms with Crippen molar-refractivity contribution in [2.45, 2.75) is 60.6 Å². The third-order valence-corrected chi connectivity index (χ3v) is 3.44. The monoisotopic (exact) mass is 387 g/mol. The van der Waals surface area contributed by atoms with Crippen molar-refractivity contribution < 1.29 is 24.2 Å². The highest BCUT2D eigenvalue weighted by Crippen LogP contribution is 2.34. The normalized spacial score (nSPS) is 14.0. The summed E-state index contributed by atoms with van der Waals surface area (Å²) < 4.78 is 10.8. The number of carbonyl (C=O) groups excluding carboxylic acids is 2. The lowest BCUT2D eigenvalue weighted by Gasteiger charge is -2.22. The Morgan fingerprint density at radius 2 is 1.38 bits per heavy atom. The number of halogens is 1. The Labute approximate surface area is 161 Å². The van der Waals surface area contributed by atoms with Crippen molar-refractivity contribution in [1.82, 2.24) is 0 Å². The molecule has 2 atom stereocenters. The van der Waals surface area contributed by atoms with Gasteiger partial charge in [0.05, 0.1) is 16.9 Å². The lowest BCUT2D eigenvalue weighted by Crippen LogP contribution is -2.28. The van der Waals surface area contributed by atoms with E-state index in [1.54, 1.807) is 54.5 Å². The molecule has 0 bridgehead atoms. The number of rotatable bonds is 4. The highest BCUT2D eigenvalue weighted by atomic mass is 35.5. The van der Waals surface area contributed by atoms with Gasteiger partial charge in [0.2, 0.25) is 0 Å². The first kappa shape index (κ1) is 24.4. The molecular formula is C19H30ClNO5. The van der Waals surface area contributed by atoms with Gasteiger partial charge >= 0.3 is 11.9 Å². The molecule has 1 aromatic rings. The molecule has 0 radical (unpaired) electrons. The molecule has 0 heterocycles. The maximum atomic E-state index is 12.2. The molecule has 148 valence electrons. The van der Waals surface area contributed by atoms with Crippen molar-refractivity contribution in [3.8, 4) is 11.5 Å². The molecule has 0 amide bonds. The molecule has 1 aromatic carbocycles. The second-order valence-electron chi connectivity index (χ2n) is 8.29. The van der Waals surface area contributed by atoms with Gasteiger partial charge < -0.3 is 20.3 Å². The lowest BCUT2D eigenvalue weighted by molar-refractivity contribution is -0.145. The molecule has 0 saturated heterocycles. The van der Waals surface area contributed by atoms with Crippen molar-refractivity contribution in [1.29, 1.82) is 0 Å². The topological polar surface area (TPSA) is 98.9 Å². The number of aliphatic hydroxyl groups excluding tert-OH is 1. The van der Waals surface area contributed by atoms with E-state index >= 15 is 0 Å². The minimum absolute atomic E-state index is 0. The predicted molar refractivity (Wildman–Crippen MR) is 102 cm³/mol. The zero-order valence-corrected chi connectivity index (χ0v) is 17.3. The van der Waals surface area contributed by atoms with Crippen LogP contribution in [0.4, 0.5) is 0 Å². The Kier molecular flexibility index (Phi) is 8.29. The van der Waals surface area contributed by atoms with Crippen LogP contribution in [0.15, 0.2) is 18.2 Å². The third-order valence-electron chi connectivity index (χ3n) is 3.44. The van der Waals surface area contributed by atoms with Gasteiger partial charge in [-0.15, -0.1) is 12.4 Å². The van der Waals surface area contributed by atoms with Crippen LogP contribution < -0.4 is 15.2 Å². The van der Waals surface area contributed by atoms with Crippen LogP contribution in [0.5, 0.6) is 11.5 Å². The largest absolute Gasteiger partial charge is 0.422 e. The van der Waals surface area contributed by atoms with Gasteiger partial charge in [0.25, 0.3) is 0 Å². The van der Waals surface area contributed by atoms with Gasteiger partial charge in [0, 0.05) is 6.04 Å². The molecule has 26 heavy (non-hydrogen) atoms. The first-order valence-corrected chi connectivity index (χ1v) is 8.25. The number of benzene rings is 1. The summed E-state index contributed by atoms with van der Waals surface area (Å²) in [5.41, 5.74) is 4.75. The van der Waals surface area contributed by atoms with Crippen LogP contribution in [-0.2, 0) is 9.59 Å². The number of hydrogen-bond donors (Lipinski definition) is 2. The summed E-state index contributed by atoms with van der Waals surface area (Å²) in [6.07, 6.45) is -0.931. The van der Waals surface area contributed by atoms with Crippen molar-refractivity contribution in [3.63, 3.8) is 0 Å². The minimum Gasteiger partial charge on any atom is -0.422 e. The second-order valence-corrected chi connectivity index (χ2v) is 8.29. The summed E-state index contributed by atoms with van der Waals surface area (Å²) in [5.74, 6) is -0.734. The molecule has 2 unspecified atom stereocenters. The van der Waals surface area contributed by atoms with Gasteiger partial charge in [-0.25, -0.2) is 0 Å². The Hall–Kier alpha value is -1.63. The third kappa shape index (κ3) is 6.59. The Balaban J connectivity index is 0.00000625. The standard InChI is InChI=1S/C19H29NO5.ClH/c1-11(20)15(21)12-8-9-13(24-16(22)18(2,3)4)14(10-12)25-17(23)19(5,6)7;/h8-11,15,21H,20H2,1-7H3;1H. The van der Waals surface area contributed by atoms with E-state index in [2.05, 4.69) is 0 Å². The van der Waals surface area contributed by atoms with Gasteiger partial charge in [-0.2, -0.15) is 0 Å². The van der Waals surface area contributed by atoms with Crippen molar-refractivity contribution >= 4 is 24.3 Å². The van der Waals surface area contributed by atoms with Gasteiger partial charge in [0.15, 0.2) is 11.5 Å². The van der Waals surface area contributed by atoms with Crippen LogP contribution in [0.3, 0.4) is 0 Å². The van der Waals surface area contributed by atoms with Crippen LogP contribution >= 0.6 is 12.4 Å². The smallest absolute Gasteiger partial charge is 0.316 e. The van der Waals surface area contributed by atoms with E-state index in [9.17, 15) is 14.7 Å². The maximum absolute atomic E-state index is 12.2. The van der Waals surface area contributed by atoms with Gasteiger partial charge in [-0.05, 0) is 66.2 Å². The highest BCUT2D eigenvalue weighted by Gasteiger charge is 2.28. The van der Waals surface area contributed by atoms with Crippen LogP contribution in [-0.4, -0.2) is 23.1 Å². The van der Waals surface area contributed by atoms with Crippen LogP contribution in [0.25, 0.3) is 0 Å². The molecular weight excluding hydrogens is 358 g/mol. The number of carbonyl (C=O) groups is 2. The summed E-state index contributed by atoms with van der Waals surface area (Å²) in [4.78, 5) is 24.4. The SMILES string of the molecule is CC(N)C(O)c1ccc(OC(=O)C(C)(C)C)c(OC(=O)C(C)(C)C)c1.Cl. The molecule has 6 nitrogen and oxygen atoms in total. The van der Waals surface area contributed by atoms with Crippen LogP contribution in [0, 0.1) is 10.8 Å². The zero-order valence-electron chi connectivity index (χ0n) is 16.5. The summed E-state index contributed by atoms with van der Waals surface area (Å²) in [7, 11) is 0. The van der Waals surface area contributed by atoms with E-state index in [1.165, 1.54) is 12.1 Å². The number of ether oxygens (including phenoxy) is 2. The Morgan fingerprint density at radius 1 is 0.962 bits per heavy atom. The van der Waals surface area contributed by atoms with E-state index in [-0.39, 0.29) is 23.9 Å². The molecule has 0 fully saturated rings. The van der Waals surface area contributed by atoms with E-state index < -0.39 is 34.9 Å². The van der Waals surface area contributed by atoms with Crippen molar-refractivity contribution in [2.24, 2.45) is 16.6 Å². The van der Waals surface area contributed by atoms with Crippen molar-refractivity contribution in [3.05, 3.63) is 23.8 Å². The van der Waals surface area contributed by atoms with E-state index in [1.807, 2.05) is 0 Å². The zero-order chi connectivity index (χ0) is 19.6. The molecule has 3 N–H and O–H groups in total. The van der Waals surface area contributed by atoms with E-state index in [4.69, 9.17) is 15.2 Å². The maximum Gasteiger partial charge on any atom is 0.316 e. The average Bonchev–Trinajstić information content (AvgIpc) is 2.45. The van der Waals surface area contributed by atoms with Gasteiger partial charge in [-0.3, -0.25) is 9.59 Å². The van der Waals surface area contributed by atoms with Crippen LogP contribution in [0.1, 0.15) is 60.1 Å². The quantitative estimate of drug-likeness (QED) is 0.606. The number of aliphatic hydroxyl groups is 1. The average molecular weight is 388 g/mol. The fourth-order valence-corrected chi connectivity index (χ4v) is 1.68. The first-order chi connectivity index (χ1) is 11.2. The summed E-state index contributed by atoms with van der Waals surface area (Å²) >= 11 is 0. The first-order valence-electron chi connectivity index (χ1n) is 8.25. The number of hydrogen-bond acceptors (Lipinski definition) is 6. The molecule has 0 aliphatic carbocycles. The molecule has 0 aliphatic rings. The predicted octanol–water partition coefficient (Wildman–Crippen LogP) is 3.39. The Bertz CT molecular complexity index is 644. The minimum atomic E-state index is -0.931. The summed E-state index contributed by atoms with van der Waals surface area (Å²) in [6, 6.07) is 4.06. The summed E-state index contributed by atoms with van der Waals surface area (Å²) in [5, 5.41) is 10.1. The molecule has 1 rings (SSSR count). The molecule has 0 spiro atoms. The van der Waals surface area contributed by atoms with E-state index in [0.29, 0.717) is 5.56 Å². The van der Waals surface area contributed by atoms with Crippen LogP contribution in [0.2, 0.25) is 0 Å². The molecule has 7 heteroatoms. The fraction of sp³-hybridized carbons (Fsp3) is 0.579. The fourth-order valence-electron chi connectivity index (χ4n) is 1.68. The van der Waals surface area contributed by atoms with Gasteiger partial charge in [0.1, 0.15) is 0 Å². The lowest BCUT2D eigenvalue weighted by atomic mass is 9.97. The second kappa shape index (κ2) is 8.84. The molecule has 0 aromatic heterocycles. The number of esters is 2. The highest BCUT2D eigenvalue weighted by molar-refractivity contribution is 5.85. The van der Waals surface area contributed by atoms with Crippen molar-refractivity contribution in [2.75, 3.05) is 0 Å². The number of nitrogens with two attached hydrogens (primary N) is 1. The molecule has 0 aliphatic heterocycles. The molecule has 0 saturated carbocycles. The Morgan fingerprint density at radius 3 is 1.77 bits per heavy atom. The van der Waals surface area contributed by atoms with Gasteiger partial charge in [-0.1, -0.05) is 6.07 Å². The van der Waals surface area contributed by atoms with E-state index in [0.717, 1.165) is 0 Å².